The van der Waals surface area contributed by atoms with Crippen LogP contribution in [0.1, 0.15) is 18.4 Å². The highest BCUT2D eigenvalue weighted by atomic mass is 19.1. The van der Waals surface area contributed by atoms with E-state index >= 15 is 0 Å². The number of aromatic nitrogens is 2. The first-order valence-corrected chi connectivity index (χ1v) is 7.03. The Labute approximate surface area is 121 Å². The number of rotatable bonds is 5. The van der Waals surface area contributed by atoms with Crippen LogP contribution in [-0.4, -0.2) is 22.5 Å². The van der Waals surface area contributed by atoms with E-state index in [0.29, 0.717) is 6.54 Å². The molecule has 21 heavy (non-hydrogen) atoms. The molecular weight excluding hydrogens is 276 g/mol. The molecule has 1 saturated heterocycles. The molecule has 4 nitrogen and oxygen atoms in total. The third-order valence-corrected chi connectivity index (χ3v) is 3.58. The summed E-state index contributed by atoms with van der Waals surface area (Å²) in [6.07, 6.45) is 5.81. The molecule has 6 heteroatoms. The van der Waals surface area contributed by atoms with Crippen molar-refractivity contribution in [1.82, 2.24) is 9.78 Å². The summed E-state index contributed by atoms with van der Waals surface area (Å²) in [6, 6.07) is 3.86. The molecule has 1 aromatic carbocycles. The van der Waals surface area contributed by atoms with Gasteiger partial charge in [-0.15, -0.1) is 0 Å². The highest BCUT2D eigenvalue weighted by molar-refractivity contribution is 5.39. The van der Waals surface area contributed by atoms with Crippen LogP contribution >= 0.6 is 0 Å². The highest BCUT2D eigenvalue weighted by Gasteiger charge is 2.16. The van der Waals surface area contributed by atoms with Crippen molar-refractivity contribution in [1.29, 1.82) is 0 Å². The second kappa shape index (κ2) is 6.22. The zero-order valence-electron chi connectivity index (χ0n) is 11.6. The third kappa shape index (κ3) is 3.39. The number of benzene rings is 1. The number of nitrogens with one attached hydrogen (secondary N) is 1. The van der Waals surface area contributed by atoms with Gasteiger partial charge in [-0.1, -0.05) is 6.07 Å². The normalized spacial score (nSPS) is 18.1. The average Bonchev–Trinajstić information content (AvgIpc) is 3.11. The van der Waals surface area contributed by atoms with Crippen molar-refractivity contribution < 1.29 is 13.5 Å². The van der Waals surface area contributed by atoms with Crippen LogP contribution in [0.25, 0.3) is 0 Å². The van der Waals surface area contributed by atoms with E-state index in [4.69, 9.17) is 4.74 Å². The molecule has 0 spiro atoms. The van der Waals surface area contributed by atoms with Gasteiger partial charge in [0.05, 0.1) is 24.5 Å². The van der Waals surface area contributed by atoms with E-state index in [2.05, 4.69) is 10.4 Å². The van der Waals surface area contributed by atoms with Gasteiger partial charge in [0.15, 0.2) is 0 Å². The molecule has 1 atom stereocenters. The number of hydrogen-bond acceptors (Lipinski definition) is 3. The molecule has 1 aliphatic rings. The van der Waals surface area contributed by atoms with Crippen LogP contribution in [0.5, 0.6) is 0 Å². The first-order valence-electron chi connectivity index (χ1n) is 7.03. The van der Waals surface area contributed by atoms with E-state index in [1.54, 1.807) is 10.9 Å². The van der Waals surface area contributed by atoms with Gasteiger partial charge in [-0.2, -0.15) is 5.10 Å². The Morgan fingerprint density at radius 1 is 1.33 bits per heavy atom. The van der Waals surface area contributed by atoms with Crippen LogP contribution in [0.2, 0.25) is 0 Å². The van der Waals surface area contributed by atoms with Crippen molar-refractivity contribution in [3.05, 3.63) is 47.8 Å². The third-order valence-electron chi connectivity index (χ3n) is 3.58. The van der Waals surface area contributed by atoms with Crippen molar-refractivity contribution in [3.63, 3.8) is 0 Å². The molecule has 3 rings (SSSR count). The first-order chi connectivity index (χ1) is 10.2. The summed E-state index contributed by atoms with van der Waals surface area (Å²) < 4.78 is 34.4. The summed E-state index contributed by atoms with van der Waals surface area (Å²) in [5.41, 5.74) is 0.764. The van der Waals surface area contributed by atoms with Crippen molar-refractivity contribution in [2.75, 3.05) is 11.9 Å². The topological polar surface area (TPSA) is 39.1 Å². The standard InChI is InChI=1S/C15H17F2N3O/c16-14-4-1-5-15(17)13(14)8-18-11-7-19-20(9-11)10-12-3-2-6-21-12/h1,4-5,7,9,12,18H,2-3,6,8,10H2. The molecule has 2 aromatic rings. The second-order valence-corrected chi connectivity index (χ2v) is 5.14. The molecule has 0 radical (unpaired) electrons. The zero-order chi connectivity index (χ0) is 14.7. The number of anilines is 1. The lowest BCUT2D eigenvalue weighted by molar-refractivity contribution is 0.0940. The highest BCUT2D eigenvalue weighted by Crippen LogP contribution is 2.17. The van der Waals surface area contributed by atoms with Gasteiger partial charge < -0.3 is 10.1 Å². The molecule has 1 aliphatic heterocycles. The van der Waals surface area contributed by atoms with Gasteiger partial charge in [0.1, 0.15) is 11.6 Å². The van der Waals surface area contributed by atoms with Gasteiger partial charge >= 0.3 is 0 Å². The Morgan fingerprint density at radius 2 is 2.14 bits per heavy atom. The van der Waals surface area contributed by atoms with Gasteiger partial charge in [-0.3, -0.25) is 4.68 Å². The lowest BCUT2D eigenvalue weighted by atomic mass is 10.2. The van der Waals surface area contributed by atoms with Crippen LogP contribution in [-0.2, 0) is 17.8 Å². The molecule has 1 unspecified atom stereocenters. The summed E-state index contributed by atoms with van der Waals surface area (Å²) in [5, 5.41) is 7.21. The molecule has 2 heterocycles. The fourth-order valence-corrected chi connectivity index (χ4v) is 2.44. The van der Waals surface area contributed by atoms with E-state index in [9.17, 15) is 8.78 Å². The maximum atomic E-state index is 13.5. The minimum atomic E-state index is -0.547. The Kier molecular flexibility index (Phi) is 4.15. The van der Waals surface area contributed by atoms with Crippen molar-refractivity contribution in [2.24, 2.45) is 0 Å². The minimum absolute atomic E-state index is 0.0318. The monoisotopic (exact) mass is 293 g/mol. The SMILES string of the molecule is Fc1cccc(F)c1CNc1cnn(CC2CCCO2)c1. The Hall–Kier alpha value is -1.95. The fraction of sp³-hybridized carbons (Fsp3) is 0.400. The predicted molar refractivity (Wildman–Crippen MR) is 74.9 cm³/mol. The Morgan fingerprint density at radius 3 is 2.86 bits per heavy atom. The van der Waals surface area contributed by atoms with Crippen LogP contribution < -0.4 is 5.32 Å². The second-order valence-electron chi connectivity index (χ2n) is 5.14. The molecule has 0 aliphatic carbocycles. The van der Waals surface area contributed by atoms with Crippen molar-refractivity contribution in [2.45, 2.75) is 32.0 Å². The van der Waals surface area contributed by atoms with Crippen molar-refractivity contribution >= 4 is 5.69 Å². The smallest absolute Gasteiger partial charge is 0.131 e. The average molecular weight is 293 g/mol. The maximum Gasteiger partial charge on any atom is 0.131 e. The van der Waals surface area contributed by atoms with E-state index < -0.39 is 11.6 Å². The molecule has 112 valence electrons. The molecule has 1 fully saturated rings. The van der Waals surface area contributed by atoms with Gasteiger partial charge in [0, 0.05) is 24.9 Å². The summed E-state index contributed by atoms with van der Waals surface area (Å²) in [6.45, 7) is 1.60. The summed E-state index contributed by atoms with van der Waals surface area (Å²) in [4.78, 5) is 0. The zero-order valence-corrected chi connectivity index (χ0v) is 11.6. The molecule has 1 N–H and O–H groups in total. The predicted octanol–water partition coefficient (Wildman–Crippen LogP) is 2.95. The van der Waals surface area contributed by atoms with Gasteiger partial charge in [0.25, 0.3) is 0 Å². The lowest BCUT2D eigenvalue weighted by Gasteiger charge is -2.09. The number of ether oxygens (including phenoxy) is 1. The largest absolute Gasteiger partial charge is 0.378 e. The fourth-order valence-electron chi connectivity index (χ4n) is 2.44. The van der Waals surface area contributed by atoms with E-state index in [0.717, 1.165) is 25.1 Å². The Balaban J connectivity index is 1.59. The first kappa shape index (κ1) is 14.0. The number of nitrogens with zero attached hydrogens (tertiary/aromatic N) is 2. The van der Waals surface area contributed by atoms with Gasteiger partial charge in [-0.05, 0) is 25.0 Å². The van der Waals surface area contributed by atoms with Crippen LogP contribution in [0.3, 0.4) is 0 Å². The van der Waals surface area contributed by atoms with Crippen LogP contribution in [0.4, 0.5) is 14.5 Å². The molecule has 0 amide bonds. The number of halogens is 2. The van der Waals surface area contributed by atoms with E-state index in [1.165, 1.54) is 18.2 Å². The maximum absolute atomic E-state index is 13.5. The van der Waals surface area contributed by atoms with Gasteiger partial charge in [0.2, 0.25) is 0 Å². The Bertz CT molecular complexity index is 588. The minimum Gasteiger partial charge on any atom is -0.378 e. The quantitative estimate of drug-likeness (QED) is 0.921. The van der Waals surface area contributed by atoms with Gasteiger partial charge in [-0.25, -0.2) is 8.78 Å². The summed E-state index contributed by atoms with van der Waals surface area (Å²) >= 11 is 0. The van der Waals surface area contributed by atoms with Crippen LogP contribution in [0, 0.1) is 11.6 Å². The number of hydrogen-bond donors (Lipinski definition) is 1. The molecule has 1 aromatic heterocycles. The van der Waals surface area contributed by atoms with E-state index in [-0.39, 0.29) is 18.2 Å². The molecule has 0 saturated carbocycles. The molecule has 0 bridgehead atoms. The van der Waals surface area contributed by atoms with Crippen LogP contribution in [0.15, 0.2) is 30.6 Å². The summed E-state index contributed by atoms with van der Waals surface area (Å²) in [5.74, 6) is -1.09. The lowest BCUT2D eigenvalue weighted by Crippen LogP contribution is -2.15. The van der Waals surface area contributed by atoms with E-state index in [1.807, 2.05) is 6.20 Å². The van der Waals surface area contributed by atoms with Crippen molar-refractivity contribution in [3.8, 4) is 0 Å². The summed E-state index contributed by atoms with van der Waals surface area (Å²) in [7, 11) is 0. The molecular formula is C15H17F2N3O.